The Bertz CT molecular complexity index is 861. The highest BCUT2D eigenvalue weighted by Crippen LogP contribution is 2.23. The van der Waals surface area contributed by atoms with Crippen molar-refractivity contribution >= 4 is 59.4 Å². The number of hydrogen-bond donors (Lipinski definition) is 1. The molecule has 0 saturated heterocycles. The van der Waals surface area contributed by atoms with E-state index in [0.717, 1.165) is 12.3 Å². The summed E-state index contributed by atoms with van der Waals surface area (Å²) in [5.74, 6) is -1.94. The fourth-order valence-corrected chi connectivity index (χ4v) is 3.33. The SMILES string of the molecule is O=C(NS(=O)(=O)c1cnc(Cl)c(Br)c1)c1ccc(Br)cc1F. The molecule has 0 saturated carbocycles. The molecule has 0 fully saturated rings. The Morgan fingerprint density at radius 2 is 1.95 bits per heavy atom. The average Bonchev–Trinajstić information content (AvgIpc) is 2.40. The number of rotatable bonds is 3. The minimum atomic E-state index is -4.20. The van der Waals surface area contributed by atoms with Crippen molar-refractivity contribution in [2.75, 3.05) is 0 Å². The normalized spacial score (nSPS) is 11.3. The number of aromatic nitrogens is 1. The molecule has 0 atom stereocenters. The first-order valence-corrected chi connectivity index (χ1v) is 8.98. The topological polar surface area (TPSA) is 76.1 Å². The molecule has 22 heavy (non-hydrogen) atoms. The van der Waals surface area contributed by atoms with E-state index in [1.165, 1.54) is 18.2 Å². The minimum Gasteiger partial charge on any atom is -0.268 e. The lowest BCUT2D eigenvalue weighted by molar-refractivity contribution is 0.0977. The number of amides is 1. The Hall–Kier alpha value is -1.03. The van der Waals surface area contributed by atoms with Gasteiger partial charge in [-0.1, -0.05) is 27.5 Å². The second-order valence-corrected chi connectivity index (χ2v) is 7.81. The van der Waals surface area contributed by atoms with E-state index in [1.807, 2.05) is 0 Å². The minimum absolute atomic E-state index is 0.0734. The molecule has 1 N–H and O–H groups in total. The van der Waals surface area contributed by atoms with Gasteiger partial charge in [-0.15, -0.1) is 0 Å². The summed E-state index contributed by atoms with van der Waals surface area (Å²) in [7, 11) is -4.20. The molecule has 0 aliphatic heterocycles. The van der Waals surface area contributed by atoms with Gasteiger partial charge in [0, 0.05) is 10.7 Å². The molecule has 0 unspecified atom stereocenters. The summed E-state index contributed by atoms with van der Waals surface area (Å²) in [6.07, 6.45) is 0.987. The average molecular weight is 473 g/mol. The number of carbonyl (C=O) groups excluding carboxylic acids is 1. The van der Waals surface area contributed by atoms with Crippen LogP contribution in [0, 0.1) is 5.82 Å². The van der Waals surface area contributed by atoms with E-state index in [2.05, 4.69) is 36.8 Å². The number of pyridine rings is 1. The van der Waals surface area contributed by atoms with E-state index in [4.69, 9.17) is 11.6 Å². The van der Waals surface area contributed by atoms with Gasteiger partial charge in [0.25, 0.3) is 15.9 Å². The predicted molar refractivity (Wildman–Crippen MR) is 85.7 cm³/mol. The monoisotopic (exact) mass is 470 g/mol. The molecule has 1 amide bonds. The maximum absolute atomic E-state index is 13.7. The summed E-state index contributed by atoms with van der Waals surface area (Å²) in [4.78, 5) is 15.3. The molecule has 0 bridgehead atoms. The van der Waals surface area contributed by atoms with Gasteiger partial charge >= 0.3 is 0 Å². The summed E-state index contributed by atoms with van der Waals surface area (Å²) < 4.78 is 40.3. The Labute approximate surface area is 147 Å². The first kappa shape index (κ1) is 17.3. The fourth-order valence-electron chi connectivity index (χ4n) is 1.46. The third-order valence-corrected chi connectivity index (χ3v) is 5.41. The van der Waals surface area contributed by atoms with Crippen molar-refractivity contribution in [3.63, 3.8) is 0 Å². The van der Waals surface area contributed by atoms with Gasteiger partial charge in [0.05, 0.1) is 10.0 Å². The highest BCUT2D eigenvalue weighted by molar-refractivity contribution is 9.10. The first-order valence-electron chi connectivity index (χ1n) is 5.54. The number of halogens is 4. The molecule has 1 heterocycles. The summed E-state index contributed by atoms with van der Waals surface area (Å²) in [5, 5.41) is 0.0734. The Kier molecular flexibility index (Phi) is 5.21. The van der Waals surface area contributed by atoms with Gasteiger partial charge in [0.1, 0.15) is 15.9 Å². The lowest BCUT2D eigenvalue weighted by Gasteiger charge is -2.08. The molecule has 0 aliphatic carbocycles. The van der Waals surface area contributed by atoms with Gasteiger partial charge in [0.15, 0.2) is 0 Å². The van der Waals surface area contributed by atoms with Crippen LogP contribution in [-0.4, -0.2) is 19.3 Å². The van der Waals surface area contributed by atoms with E-state index in [-0.39, 0.29) is 14.5 Å². The number of hydrogen-bond acceptors (Lipinski definition) is 4. The fraction of sp³-hybridized carbons (Fsp3) is 0. The predicted octanol–water partition coefficient (Wildman–Crippen LogP) is 3.52. The van der Waals surface area contributed by atoms with Crippen molar-refractivity contribution in [2.45, 2.75) is 4.90 Å². The molecule has 10 heteroatoms. The molecular formula is C12H6Br2ClFN2O3S. The van der Waals surface area contributed by atoms with E-state index in [0.29, 0.717) is 4.47 Å². The van der Waals surface area contributed by atoms with Gasteiger partial charge in [0.2, 0.25) is 0 Å². The van der Waals surface area contributed by atoms with Crippen LogP contribution in [0.2, 0.25) is 5.15 Å². The zero-order valence-corrected chi connectivity index (χ0v) is 15.2. The molecule has 5 nitrogen and oxygen atoms in total. The van der Waals surface area contributed by atoms with E-state index >= 15 is 0 Å². The van der Waals surface area contributed by atoms with Crippen molar-refractivity contribution < 1.29 is 17.6 Å². The zero-order valence-electron chi connectivity index (χ0n) is 10.5. The highest BCUT2D eigenvalue weighted by atomic mass is 79.9. The molecule has 2 aromatic rings. The third kappa shape index (κ3) is 3.83. The van der Waals surface area contributed by atoms with Crippen molar-refractivity contribution in [1.29, 1.82) is 0 Å². The first-order chi connectivity index (χ1) is 10.2. The maximum Gasteiger partial charge on any atom is 0.267 e. The van der Waals surface area contributed by atoms with Gasteiger partial charge in [-0.3, -0.25) is 4.79 Å². The van der Waals surface area contributed by atoms with E-state index in [9.17, 15) is 17.6 Å². The van der Waals surface area contributed by atoms with Gasteiger partial charge < -0.3 is 0 Å². The van der Waals surface area contributed by atoms with Crippen molar-refractivity contribution in [3.05, 3.63) is 55.9 Å². The Morgan fingerprint density at radius 3 is 2.55 bits per heavy atom. The highest BCUT2D eigenvalue weighted by Gasteiger charge is 2.22. The molecule has 116 valence electrons. The van der Waals surface area contributed by atoms with Crippen LogP contribution in [-0.2, 0) is 10.0 Å². The third-order valence-electron chi connectivity index (χ3n) is 2.48. The molecule has 1 aromatic carbocycles. The van der Waals surface area contributed by atoms with Crippen LogP contribution in [0.5, 0.6) is 0 Å². The van der Waals surface area contributed by atoms with Gasteiger partial charge in [-0.05, 0) is 40.2 Å². The molecule has 2 rings (SSSR count). The Balaban J connectivity index is 2.31. The lowest BCUT2D eigenvalue weighted by Crippen LogP contribution is -2.31. The molecule has 1 aromatic heterocycles. The van der Waals surface area contributed by atoms with Crippen LogP contribution < -0.4 is 4.72 Å². The van der Waals surface area contributed by atoms with Crippen molar-refractivity contribution in [1.82, 2.24) is 9.71 Å². The van der Waals surface area contributed by atoms with Gasteiger partial charge in [-0.25, -0.2) is 22.5 Å². The second kappa shape index (κ2) is 6.61. The summed E-state index contributed by atoms with van der Waals surface area (Å²) >= 11 is 11.7. The number of sulfonamides is 1. The quantitative estimate of drug-likeness (QED) is 0.694. The molecule has 0 aliphatic rings. The Morgan fingerprint density at radius 1 is 1.27 bits per heavy atom. The van der Waals surface area contributed by atoms with Crippen LogP contribution in [0.25, 0.3) is 0 Å². The van der Waals surface area contributed by atoms with Crippen LogP contribution >= 0.6 is 43.5 Å². The number of nitrogens with one attached hydrogen (secondary N) is 1. The standard InChI is InChI=1S/C12H6Br2ClFN2O3S/c13-6-1-2-8(10(16)3-6)12(19)18-22(20,21)7-4-9(14)11(15)17-5-7/h1-5H,(H,18,19). The molecule has 0 radical (unpaired) electrons. The number of nitrogens with zero attached hydrogens (tertiary/aromatic N) is 1. The van der Waals surface area contributed by atoms with E-state index in [1.54, 1.807) is 4.72 Å². The van der Waals surface area contributed by atoms with Crippen LogP contribution in [0.15, 0.2) is 44.3 Å². The molecular weight excluding hydrogens is 466 g/mol. The summed E-state index contributed by atoms with van der Waals surface area (Å²) in [6.45, 7) is 0. The largest absolute Gasteiger partial charge is 0.268 e. The smallest absolute Gasteiger partial charge is 0.267 e. The molecule has 0 spiro atoms. The second-order valence-electron chi connectivity index (χ2n) is 4.00. The lowest BCUT2D eigenvalue weighted by atomic mass is 10.2. The summed E-state index contributed by atoms with van der Waals surface area (Å²) in [5.41, 5.74) is -0.396. The number of carbonyl (C=O) groups is 1. The van der Waals surface area contributed by atoms with Crippen LogP contribution in [0.3, 0.4) is 0 Å². The maximum atomic E-state index is 13.7. The zero-order chi connectivity index (χ0) is 16.5. The van der Waals surface area contributed by atoms with Crippen LogP contribution in [0.1, 0.15) is 10.4 Å². The van der Waals surface area contributed by atoms with E-state index < -0.39 is 27.3 Å². The van der Waals surface area contributed by atoms with Crippen molar-refractivity contribution in [3.8, 4) is 0 Å². The summed E-state index contributed by atoms with van der Waals surface area (Å²) in [6, 6.07) is 4.83. The van der Waals surface area contributed by atoms with Crippen LogP contribution in [0.4, 0.5) is 4.39 Å². The van der Waals surface area contributed by atoms with Gasteiger partial charge in [-0.2, -0.15) is 0 Å². The van der Waals surface area contributed by atoms with Crippen molar-refractivity contribution in [2.24, 2.45) is 0 Å². The number of benzene rings is 1.